The number of alkyl halides is 1. The zero-order chi connectivity index (χ0) is 29.3. The fourth-order valence-corrected chi connectivity index (χ4v) is 6.59. The Bertz CT molecular complexity index is 1330. The maximum absolute atomic E-state index is 13.3. The number of likely N-dealkylation sites (tertiary alicyclic amines) is 1. The molecule has 1 N–H and O–H groups in total. The molecule has 0 bridgehead atoms. The number of benzene rings is 1. The van der Waals surface area contributed by atoms with Gasteiger partial charge in [-0.15, -0.1) is 0 Å². The van der Waals surface area contributed by atoms with Crippen LogP contribution in [-0.2, 0) is 16.1 Å². The molecule has 1 saturated heterocycles. The molecule has 2 aliphatic carbocycles. The monoisotopic (exact) mass is 574 g/mol. The number of fused-ring (bicyclic) bond motifs is 2. The molecular weight excluding hydrogens is 530 g/mol. The molecule has 224 valence electrons. The number of hydrogen-bond acceptors (Lipinski definition) is 4. The smallest absolute Gasteiger partial charge is 0.168 e. The lowest BCUT2D eigenvalue weighted by atomic mass is 9.84. The van der Waals surface area contributed by atoms with Gasteiger partial charge in [0.25, 0.3) is 0 Å². The third-order valence-electron chi connectivity index (χ3n) is 8.73. The molecular formula is C36H44F2N2O2. The van der Waals surface area contributed by atoms with E-state index >= 15 is 0 Å². The third-order valence-corrected chi connectivity index (χ3v) is 8.73. The van der Waals surface area contributed by atoms with Crippen molar-refractivity contribution >= 4 is 11.3 Å². The van der Waals surface area contributed by atoms with E-state index in [4.69, 9.17) is 4.74 Å². The Morgan fingerprint density at radius 1 is 1.17 bits per heavy atom. The lowest BCUT2D eigenvalue weighted by molar-refractivity contribution is -0.0769. The predicted octanol–water partition coefficient (Wildman–Crippen LogP) is 8.88. The first-order chi connectivity index (χ1) is 20.6. The highest BCUT2D eigenvalue weighted by Crippen LogP contribution is 2.44. The highest BCUT2D eigenvalue weighted by atomic mass is 19.3. The van der Waals surface area contributed by atoms with Gasteiger partial charge in [0.05, 0.1) is 6.67 Å². The number of nitrogens with one attached hydrogen (secondary N) is 1. The number of anilines is 1. The van der Waals surface area contributed by atoms with Crippen molar-refractivity contribution in [2.45, 2.75) is 70.8 Å². The van der Waals surface area contributed by atoms with Gasteiger partial charge < -0.3 is 10.1 Å². The Morgan fingerprint density at radius 2 is 2.07 bits per heavy atom. The molecule has 1 fully saturated rings. The van der Waals surface area contributed by atoms with E-state index in [0.717, 1.165) is 82.5 Å². The molecule has 0 saturated carbocycles. The van der Waals surface area contributed by atoms with Crippen LogP contribution in [0.5, 0.6) is 0 Å². The number of aryl methyl sites for hydroxylation is 1. The van der Waals surface area contributed by atoms with Gasteiger partial charge in [-0.1, -0.05) is 37.8 Å². The minimum atomic E-state index is -0.282. The average molecular weight is 575 g/mol. The maximum Gasteiger partial charge on any atom is 0.168 e. The van der Waals surface area contributed by atoms with Crippen molar-refractivity contribution in [3.05, 3.63) is 106 Å². The maximum atomic E-state index is 13.3. The number of rotatable bonds is 11. The van der Waals surface area contributed by atoms with E-state index in [0.29, 0.717) is 12.8 Å². The first kappa shape index (κ1) is 30.1. The second kappa shape index (κ2) is 14.7. The highest BCUT2D eigenvalue weighted by molar-refractivity contribution is 5.82. The molecule has 0 amide bonds. The Labute approximate surface area is 249 Å². The number of allylic oxidation sites excluding steroid dienone is 11. The number of hydrogen-bond donors (Lipinski definition) is 1. The Hall–Kier alpha value is -3.38. The van der Waals surface area contributed by atoms with E-state index in [9.17, 15) is 8.92 Å². The van der Waals surface area contributed by atoms with Crippen molar-refractivity contribution in [1.29, 1.82) is 0 Å². The molecule has 0 aromatic heterocycles. The Morgan fingerprint density at radius 3 is 2.88 bits per heavy atom. The topological polar surface area (TPSA) is 33.7 Å². The molecule has 1 atom stereocenters. The van der Waals surface area contributed by atoms with Crippen LogP contribution in [0.2, 0.25) is 0 Å². The summed E-state index contributed by atoms with van der Waals surface area (Å²) in [6.45, 7) is 9.44. The number of nitrogens with zero attached hydrogens (tertiary/aromatic N) is 1. The van der Waals surface area contributed by atoms with Gasteiger partial charge in [0.1, 0.15) is 11.9 Å². The lowest BCUT2D eigenvalue weighted by Crippen LogP contribution is -2.24. The fraction of sp³-hybridized carbons (Fsp3) is 0.444. The molecule has 42 heavy (non-hydrogen) atoms. The molecule has 2 aliphatic heterocycles. The molecule has 1 aromatic carbocycles. The average Bonchev–Trinajstić information content (AvgIpc) is 3.27. The summed E-state index contributed by atoms with van der Waals surface area (Å²) in [5.41, 5.74) is 9.88. The van der Waals surface area contributed by atoms with Crippen molar-refractivity contribution in [3.8, 4) is 0 Å². The first-order valence-electron chi connectivity index (χ1n) is 15.6. The van der Waals surface area contributed by atoms with Gasteiger partial charge in [-0.25, -0.2) is 0 Å². The predicted molar refractivity (Wildman–Crippen MR) is 168 cm³/mol. The van der Waals surface area contributed by atoms with E-state index in [1.165, 1.54) is 39.1 Å². The van der Waals surface area contributed by atoms with Gasteiger partial charge in [-0.3, -0.25) is 14.2 Å². The molecule has 4 aliphatic rings. The van der Waals surface area contributed by atoms with Crippen LogP contribution in [0.3, 0.4) is 0 Å². The van der Waals surface area contributed by atoms with Gasteiger partial charge >= 0.3 is 0 Å². The van der Waals surface area contributed by atoms with Crippen LogP contribution in [0.4, 0.5) is 14.6 Å². The summed E-state index contributed by atoms with van der Waals surface area (Å²) in [6, 6.07) is 6.87. The molecule has 4 nitrogen and oxygen atoms in total. The van der Waals surface area contributed by atoms with Gasteiger partial charge in [0.2, 0.25) is 0 Å². The lowest BCUT2D eigenvalue weighted by Gasteiger charge is -2.22. The van der Waals surface area contributed by atoms with Crippen LogP contribution < -0.4 is 5.32 Å². The standard InChI is InChI=1S/C36H44F2N2O2/c1-3-26(16-17-30(4-2)41-32-18-22-40(25-32)21-8-19-37)36-33-13-6-11-31(42-38)23-28(33)9-5-12-34(36)29-15-14-27-10-7-20-39-35(27)24-29/h4,11,13-17,23-24,32,39H,2-3,5-10,12,18-22,25H2,1H3/b26-16+,30-17+/t32-/m0/s1. The van der Waals surface area contributed by atoms with Crippen LogP contribution in [0.15, 0.2) is 95.0 Å². The van der Waals surface area contributed by atoms with Crippen molar-refractivity contribution in [3.63, 3.8) is 0 Å². The van der Waals surface area contributed by atoms with E-state index in [2.05, 4.69) is 59.0 Å². The summed E-state index contributed by atoms with van der Waals surface area (Å²) in [5.74, 6) is 1.02. The van der Waals surface area contributed by atoms with Crippen molar-refractivity contribution in [2.24, 2.45) is 0 Å². The van der Waals surface area contributed by atoms with Crippen molar-refractivity contribution < 1.29 is 18.6 Å². The van der Waals surface area contributed by atoms with Gasteiger partial charge in [0.15, 0.2) is 5.76 Å². The zero-order valence-electron chi connectivity index (χ0n) is 24.9. The summed E-state index contributed by atoms with van der Waals surface area (Å²) in [5, 5.41) is 3.60. The van der Waals surface area contributed by atoms with E-state index < -0.39 is 0 Å². The summed E-state index contributed by atoms with van der Waals surface area (Å²) < 4.78 is 32.3. The van der Waals surface area contributed by atoms with E-state index in [1.807, 2.05) is 12.2 Å². The molecule has 5 rings (SSSR count). The fourth-order valence-electron chi connectivity index (χ4n) is 6.59. The molecule has 0 unspecified atom stereocenters. The second-order valence-corrected chi connectivity index (χ2v) is 11.5. The minimum absolute atomic E-state index is 0.0762. The van der Waals surface area contributed by atoms with Crippen molar-refractivity contribution in [2.75, 3.05) is 38.2 Å². The SMILES string of the molecule is C=C/C(=C\C=C(/CC)C1=C(c2ccc3c(c2)NCCC3)CCCC2=CC(OF)=CCC=C21)O[C@H]1CCN(CCCF)C1. The number of halogens is 2. The van der Waals surface area contributed by atoms with Gasteiger partial charge in [-0.2, -0.15) is 0 Å². The molecule has 6 heteroatoms. The molecule has 0 radical (unpaired) electrons. The summed E-state index contributed by atoms with van der Waals surface area (Å²) in [7, 11) is 0. The summed E-state index contributed by atoms with van der Waals surface area (Å²) >= 11 is 0. The molecule has 2 heterocycles. The Balaban J connectivity index is 1.53. The second-order valence-electron chi connectivity index (χ2n) is 11.5. The molecule has 0 spiro atoms. The minimum Gasteiger partial charge on any atom is -0.489 e. The van der Waals surface area contributed by atoms with Gasteiger partial charge in [-0.05, 0) is 127 Å². The summed E-state index contributed by atoms with van der Waals surface area (Å²) in [4.78, 5) is 6.46. The van der Waals surface area contributed by atoms with E-state index in [-0.39, 0.29) is 18.5 Å². The number of ether oxygens (including phenoxy) is 1. The molecule has 1 aromatic rings. The van der Waals surface area contributed by atoms with E-state index in [1.54, 1.807) is 12.2 Å². The third kappa shape index (κ3) is 7.15. The van der Waals surface area contributed by atoms with Crippen LogP contribution in [0, 0.1) is 0 Å². The van der Waals surface area contributed by atoms with Crippen molar-refractivity contribution in [1.82, 2.24) is 4.90 Å². The van der Waals surface area contributed by atoms with Crippen LogP contribution in [0.25, 0.3) is 5.57 Å². The quantitative estimate of drug-likeness (QED) is 0.211. The van der Waals surface area contributed by atoms with Gasteiger partial charge in [0, 0.05) is 36.4 Å². The largest absolute Gasteiger partial charge is 0.489 e. The Kier molecular flexibility index (Phi) is 10.5. The van der Waals surface area contributed by atoms with Crippen LogP contribution in [0.1, 0.15) is 69.4 Å². The summed E-state index contributed by atoms with van der Waals surface area (Å²) in [6.07, 6.45) is 19.9. The van der Waals surface area contributed by atoms with Crippen LogP contribution >= 0.6 is 0 Å². The van der Waals surface area contributed by atoms with Crippen LogP contribution in [-0.4, -0.2) is 43.9 Å². The zero-order valence-corrected chi connectivity index (χ0v) is 24.9. The first-order valence-corrected chi connectivity index (χ1v) is 15.6. The normalized spacial score (nSPS) is 21.7. The highest BCUT2D eigenvalue weighted by Gasteiger charge is 2.26.